The Kier molecular flexibility index (Phi) is 1.82. The molecule has 0 saturated heterocycles. The zero-order valence-electron chi connectivity index (χ0n) is 9.89. The van der Waals surface area contributed by atoms with Crippen LogP contribution in [0.25, 0.3) is 11.0 Å². The van der Waals surface area contributed by atoms with E-state index in [-0.39, 0.29) is 11.4 Å². The van der Waals surface area contributed by atoms with Crippen molar-refractivity contribution in [3.8, 4) is 0 Å². The fourth-order valence-electron chi connectivity index (χ4n) is 3.02. The minimum atomic E-state index is -0.0688. The topological polar surface area (TPSA) is 54.9 Å². The first-order valence-corrected chi connectivity index (χ1v) is 6.28. The third-order valence-corrected chi connectivity index (χ3v) is 4.11. The van der Waals surface area contributed by atoms with Crippen LogP contribution < -0.4 is 5.32 Å². The third-order valence-electron chi connectivity index (χ3n) is 4.11. The van der Waals surface area contributed by atoms with E-state index in [1.807, 2.05) is 18.2 Å². The SMILES string of the molecule is O=C(NC12CC(C1)C2)c1ccc2cccnc2n1. The fraction of sp³-hybridized carbons (Fsp3) is 0.357. The molecule has 1 N–H and O–H groups in total. The number of nitrogens with one attached hydrogen (secondary N) is 1. The molecule has 5 rings (SSSR count). The maximum atomic E-state index is 12.1. The van der Waals surface area contributed by atoms with E-state index in [4.69, 9.17) is 0 Å². The van der Waals surface area contributed by atoms with Gasteiger partial charge in [-0.2, -0.15) is 0 Å². The maximum Gasteiger partial charge on any atom is 0.270 e. The summed E-state index contributed by atoms with van der Waals surface area (Å²) in [5.74, 6) is 0.789. The van der Waals surface area contributed by atoms with Gasteiger partial charge in [0.2, 0.25) is 0 Å². The van der Waals surface area contributed by atoms with Gasteiger partial charge in [0.15, 0.2) is 5.65 Å². The molecule has 0 aliphatic heterocycles. The number of pyridine rings is 2. The number of hydrogen-bond acceptors (Lipinski definition) is 3. The van der Waals surface area contributed by atoms with Gasteiger partial charge in [0, 0.05) is 17.1 Å². The van der Waals surface area contributed by atoms with E-state index in [0.717, 1.165) is 30.6 Å². The average molecular weight is 239 g/mol. The van der Waals surface area contributed by atoms with Crippen molar-refractivity contribution in [1.29, 1.82) is 0 Å². The Morgan fingerprint density at radius 3 is 2.83 bits per heavy atom. The Balaban J connectivity index is 1.63. The summed E-state index contributed by atoms with van der Waals surface area (Å²) >= 11 is 0. The predicted octanol–water partition coefficient (Wildman–Crippen LogP) is 1.91. The molecule has 18 heavy (non-hydrogen) atoms. The van der Waals surface area contributed by atoms with E-state index in [0.29, 0.717) is 11.3 Å². The van der Waals surface area contributed by atoms with Crippen LogP contribution in [0.15, 0.2) is 30.5 Å². The van der Waals surface area contributed by atoms with E-state index < -0.39 is 0 Å². The van der Waals surface area contributed by atoms with Crippen LogP contribution in [-0.2, 0) is 0 Å². The highest BCUT2D eigenvalue weighted by molar-refractivity contribution is 5.95. The highest BCUT2D eigenvalue weighted by atomic mass is 16.2. The van der Waals surface area contributed by atoms with Gasteiger partial charge in [-0.15, -0.1) is 0 Å². The van der Waals surface area contributed by atoms with Crippen LogP contribution in [0.3, 0.4) is 0 Å². The number of hydrogen-bond donors (Lipinski definition) is 1. The monoisotopic (exact) mass is 239 g/mol. The predicted molar refractivity (Wildman–Crippen MR) is 67.1 cm³/mol. The molecule has 0 radical (unpaired) electrons. The Bertz CT molecular complexity index is 635. The molecule has 0 spiro atoms. The molecular weight excluding hydrogens is 226 g/mol. The maximum absolute atomic E-state index is 12.1. The fourth-order valence-corrected chi connectivity index (χ4v) is 3.02. The molecule has 4 heteroatoms. The minimum absolute atomic E-state index is 0.0688. The van der Waals surface area contributed by atoms with Gasteiger partial charge in [0.05, 0.1) is 0 Å². The zero-order valence-corrected chi connectivity index (χ0v) is 9.89. The Hall–Kier alpha value is -1.97. The van der Waals surface area contributed by atoms with Gasteiger partial charge in [-0.1, -0.05) is 0 Å². The second-order valence-corrected chi connectivity index (χ2v) is 5.46. The first-order valence-electron chi connectivity index (χ1n) is 6.28. The van der Waals surface area contributed by atoms with Crippen molar-refractivity contribution in [1.82, 2.24) is 15.3 Å². The number of carbonyl (C=O) groups is 1. The van der Waals surface area contributed by atoms with Crippen LogP contribution in [0.2, 0.25) is 0 Å². The van der Waals surface area contributed by atoms with Crippen molar-refractivity contribution in [3.05, 3.63) is 36.2 Å². The summed E-state index contributed by atoms with van der Waals surface area (Å²) in [7, 11) is 0. The van der Waals surface area contributed by atoms with Crippen molar-refractivity contribution in [2.75, 3.05) is 0 Å². The summed E-state index contributed by atoms with van der Waals surface area (Å²) < 4.78 is 0. The van der Waals surface area contributed by atoms with Crippen LogP contribution in [0.4, 0.5) is 0 Å². The number of aromatic nitrogens is 2. The molecule has 2 heterocycles. The van der Waals surface area contributed by atoms with Crippen LogP contribution in [0.1, 0.15) is 29.8 Å². The van der Waals surface area contributed by atoms with E-state index in [1.165, 1.54) is 0 Å². The second kappa shape index (κ2) is 3.28. The summed E-state index contributed by atoms with van der Waals surface area (Å²) in [6.07, 6.45) is 5.12. The molecule has 3 aliphatic rings. The first-order chi connectivity index (χ1) is 8.74. The lowest BCUT2D eigenvalue weighted by molar-refractivity contribution is -0.0439. The summed E-state index contributed by atoms with van der Waals surface area (Å²) in [6.45, 7) is 0. The van der Waals surface area contributed by atoms with Crippen molar-refractivity contribution in [2.24, 2.45) is 5.92 Å². The van der Waals surface area contributed by atoms with Gasteiger partial charge in [0.1, 0.15) is 5.69 Å². The molecule has 0 atom stereocenters. The molecule has 2 bridgehead atoms. The summed E-state index contributed by atoms with van der Waals surface area (Å²) in [5.41, 5.74) is 1.19. The standard InChI is InChI=1S/C14H13N3O/c18-13(17-14-6-9(7-14)8-14)11-4-3-10-2-1-5-15-12(10)16-11/h1-5,9H,6-8H2,(H,17,18). The summed E-state index contributed by atoms with van der Waals surface area (Å²) in [5, 5.41) is 4.07. The van der Waals surface area contributed by atoms with Gasteiger partial charge in [-0.3, -0.25) is 4.79 Å². The molecule has 90 valence electrons. The van der Waals surface area contributed by atoms with Crippen LogP contribution in [-0.4, -0.2) is 21.4 Å². The highest BCUT2D eigenvalue weighted by Gasteiger charge is 2.57. The summed E-state index contributed by atoms with van der Waals surface area (Å²) in [4.78, 5) is 20.6. The molecule has 1 amide bonds. The molecule has 0 unspecified atom stereocenters. The normalized spacial score (nSPS) is 28.3. The van der Waals surface area contributed by atoms with E-state index in [1.54, 1.807) is 12.3 Å². The first kappa shape index (κ1) is 10.00. The molecule has 2 aromatic heterocycles. The van der Waals surface area contributed by atoms with Gasteiger partial charge >= 0.3 is 0 Å². The number of amides is 1. The molecule has 3 saturated carbocycles. The number of rotatable bonds is 2. The Morgan fingerprint density at radius 2 is 2.11 bits per heavy atom. The summed E-state index contributed by atoms with van der Waals surface area (Å²) in [6, 6.07) is 7.47. The third kappa shape index (κ3) is 1.35. The lowest BCUT2D eigenvalue weighted by Crippen LogP contribution is -2.68. The minimum Gasteiger partial charge on any atom is -0.345 e. The average Bonchev–Trinajstić information content (AvgIpc) is 2.31. The van der Waals surface area contributed by atoms with Crippen LogP contribution in [0.5, 0.6) is 0 Å². The Labute approximate surface area is 104 Å². The van der Waals surface area contributed by atoms with Crippen molar-refractivity contribution in [2.45, 2.75) is 24.8 Å². The van der Waals surface area contributed by atoms with Gasteiger partial charge in [-0.25, -0.2) is 9.97 Å². The van der Waals surface area contributed by atoms with E-state index >= 15 is 0 Å². The van der Waals surface area contributed by atoms with Crippen LogP contribution in [0, 0.1) is 5.92 Å². The lowest BCUT2D eigenvalue weighted by Gasteiger charge is -2.61. The lowest BCUT2D eigenvalue weighted by atomic mass is 9.50. The number of nitrogens with zero attached hydrogens (tertiary/aromatic N) is 2. The molecule has 3 fully saturated rings. The molecular formula is C14H13N3O. The van der Waals surface area contributed by atoms with Crippen molar-refractivity contribution >= 4 is 16.9 Å². The Morgan fingerprint density at radius 1 is 1.28 bits per heavy atom. The van der Waals surface area contributed by atoms with Gasteiger partial charge in [0.25, 0.3) is 5.91 Å². The zero-order chi connectivity index (χ0) is 12.2. The number of carbonyl (C=O) groups excluding carboxylic acids is 1. The number of fused-ring (bicyclic) bond motifs is 1. The quantitative estimate of drug-likeness (QED) is 0.871. The largest absolute Gasteiger partial charge is 0.345 e. The molecule has 2 aromatic rings. The smallest absolute Gasteiger partial charge is 0.270 e. The van der Waals surface area contributed by atoms with Gasteiger partial charge < -0.3 is 5.32 Å². The van der Waals surface area contributed by atoms with Crippen molar-refractivity contribution < 1.29 is 4.79 Å². The molecule has 3 aliphatic carbocycles. The molecule has 0 aromatic carbocycles. The highest BCUT2D eigenvalue weighted by Crippen LogP contribution is 2.56. The van der Waals surface area contributed by atoms with E-state index in [2.05, 4.69) is 15.3 Å². The second-order valence-electron chi connectivity index (χ2n) is 5.46. The van der Waals surface area contributed by atoms with Crippen molar-refractivity contribution in [3.63, 3.8) is 0 Å². The van der Waals surface area contributed by atoms with E-state index in [9.17, 15) is 4.79 Å². The van der Waals surface area contributed by atoms with Crippen LogP contribution >= 0.6 is 0 Å². The van der Waals surface area contributed by atoms with Gasteiger partial charge in [-0.05, 0) is 49.4 Å². The molecule has 4 nitrogen and oxygen atoms in total.